The van der Waals surface area contributed by atoms with Crippen molar-refractivity contribution in [3.8, 4) is 0 Å². The van der Waals surface area contributed by atoms with Crippen LogP contribution in [0.5, 0.6) is 0 Å². The van der Waals surface area contributed by atoms with Gasteiger partial charge in [0.2, 0.25) is 5.91 Å². The molecule has 1 aromatic rings. The van der Waals surface area contributed by atoms with Gasteiger partial charge < -0.3 is 10.1 Å². The third kappa shape index (κ3) is 2.65. The Bertz CT molecular complexity index is 583. The Balaban J connectivity index is 2.40. The molecule has 5 heteroatoms. The zero-order valence-corrected chi connectivity index (χ0v) is 13.1. The predicted molar refractivity (Wildman–Crippen MR) is 79.8 cm³/mol. The van der Waals surface area contributed by atoms with E-state index in [2.05, 4.69) is 10.6 Å². The average Bonchev–Trinajstić information content (AvgIpc) is 2.75. The molecular weight excluding hydrogens is 268 g/mol. The first-order chi connectivity index (χ1) is 9.79. The Morgan fingerprint density at radius 1 is 1.38 bits per heavy atom. The van der Waals surface area contributed by atoms with Gasteiger partial charge in [0.05, 0.1) is 18.2 Å². The van der Waals surface area contributed by atoms with Crippen molar-refractivity contribution in [3.63, 3.8) is 0 Å². The van der Waals surface area contributed by atoms with Crippen LogP contribution in [0.2, 0.25) is 0 Å². The normalized spacial score (nSPS) is 25.0. The summed E-state index contributed by atoms with van der Waals surface area (Å²) in [6.45, 7) is 7.77. The lowest BCUT2D eigenvalue weighted by atomic mass is 9.89. The maximum absolute atomic E-state index is 12.2. The summed E-state index contributed by atoms with van der Waals surface area (Å²) in [6.07, 6.45) is -0.389. The summed E-state index contributed by atoms with van der Waals surface area (Å²) in [5.41, 5.74) is 1.52. The number of ether oxygens (including phenoxy) is 1. The van der Waals surface area contributed by atoms with Gasteiger partial charge in [-0.2, -0.15) is 0 Å². The summed E-state index contributed by atoms with van der Waals surface area (Å²) in [6, 6.07) is 5.55. The van der Waals surface area contributed by atoms with Crippen LogP contribution in [0, 0.1) is 12.8 Å². The standard InChI is InChI=1S/C16H22N2O3/c1-9(2)16(4)15(20)17-13(18-16)11-7-6-10(3)8-12(11)14(19)21-5/h6-9,13,18H,1-5H3,(H,17,20). The SMILES string of the molecule is COC(=O)c1cc(C)ccc1C1NC(=O)C(C)(C(C)C)N1. The van der Waals surface area contributed by atoms with Gasteiger partial charge in [0.1, 0.15) is 6.17 Å². The van der Waals surface area contributed by atoms with Crippen molar-refractivity contribution in [2.75, 3.05) is 7.11 Å². The van der Waals surface area contributed by atoms with Crippen LogP contribution < -0.4 is 10.6 Å². The van der Waals surface area contributed by atoms with Crippen molar-refractivity contribution in [3.05, 3.63) is 34.9 Å². The molecule has 5 nitrogen and oxygen atoms in total. The first-order valence-corrected chi connectivity index (χ1v) is 7.07. The lowest BCUT2D eigenvalue weighted by Gasteiger charge is -2.26. The molecule has 1 amide bonds. The fraction of sp³-hybridized carbons (Fsp3) is 0.500. The fourth-order valence-corrected chi connectivity index (χ4v) is 2.48. The summed E-state index contributed by atoms with van der Waals surface area (Å²) in [7, 11) is 1.35. The van der Waals surface area contributed by atoms with Crippen LogP contribution in [-0.4, -0.2) is 24.5 Å². The van der Waals surface area contributed by atoms with Gasteiger partial charge >= 0.3 is 5.97 Å². The summed E-state index contributed by atoms with van der Waals surface area (Å²) in [4.78, 5) is 24.2. The molecule has 21 heavy (non-hydrogen) atoms. The van der Waals surface area contributed by atoms with Crippen molar-refractivity contribution in [1.82, 2.24) is 10.6 Å². The van der Waals surface area contributed by atoms with Crippen molar-refractivity contribution in [2.24, 2.45) is 5.92 Å². The molecule has 1 saturated heterocycles. The minimum Gasteiger partial charge on any atom is -0.465 e. The molecule has 1 aliphatic heterocycles. The summed E-state index contributed by atoms with van der Waals surface area (Å²) in [5, 5.41) is 6.23. The maximum Gasteiger partial charge on any atom is 0.338 e. The number of esters is 1. The molecular formula is C16H22N2O3. The van der Waals surface area contributed by atoms with Gasteiger partial charge in [0.15, 0.2) is 0 Å². The van der Waals surface area contributed by atoms with E-state index in [0.29, 0.717) is 5.56 Å². The van der Waals surface area contributed by atoms with Crippen molar-refractivity contribution >= 4 is 11.9 Å². The van der Waals surface area contributed by atoms with Gasteiger partial charge in [-0.15, -0.1) is 0 Å². The minimum atomic E-state index is -0.650. The largest absolute Gasteiger partial charge is 0.465 e. The smallest absolute Gasteiger partial charge is 0.338 e. The lowest BCUT2D eigenvalue weighted by molar-refractivity contribution is -0.125. The Hall–Kier alpha value is -1.88. The monoisotopic (exact) mass is 290 g/mol. The second-order valence-corrected chi connectivity index (χ2v) is 5.99. The molecule has 2 unspecified atom stereocenters. The molecule has 0 aliphatic carbocycles. The fourth-order valence-electron chi connectivity index (χ4n) is 2.48. The molecule has 2 atom stereocenters. The zero-order chi connectivity index (χ0) is 15.8. The van der Waals surface area contributed by atoms with Crippen LogP contribution in [0.15, 0.2) is 18.2 Å². The second-order valence-electron chi connectivity index (χ2n) is 5.99. The lowest BCUT2D eigenvalue weighted by Crippen LogP contribution is -2.48. The Morgan fingerprint density at radius 3 is 2.57 bits per heavy atom. The molecule has 1 fully saturated rings. The molecule has 2 N–H and O–H groups in total. The van der Waals surface area contributed by atoms with Crippen LogP contribution >= 0.6 is 0 Å². The number of benzene rings is 1. The van der Waals surface area contributed by atoms with Crippen LogP contribution in [-0.2, 0) is 9.53 Å². The van der Waals surface area contributed by atoms with Gasteiger partial charge in [0.25, 0.3) is 0 Å². The van der Waals surface area contributed by atoms with E-state index >= 15 is 0 Å². The molecule has 0 aromatic heterocycles. The van der Waals surface area contributed by atoms with Gasteiger partial charge in [-0.25, -0.2) is 4.79 Å². The number of rotatable bonds is 3. The highest BCUT2D eigenvalue weighted by Gasteiger charge is 2.45. The summed E-state index contributed by atoms with van der Waals surface area (Å²) < 4.78 is 4.84. The number of carbonyl (C=O) groups excluding carboxylic acids is 2. The Kier molecular flexibility index (Phi) is 4.05. The number of nitrogens with one attached hydrogen (secondary N) is 2. The van der Waals surface area contributed by atoms with Crippen LogP contribution in [0.1, 0.15) is 48.4 Å². The molecule has 1 aliphatic rings. The van der Waals surface area contributed by atoms with E-state index < -0.39 is 11.5 Å². The number of hydrogen-bond donors (Lipinski definition) is 2. The first-order valence-electron chi connectivity index (χ1n) is 7.07. The number of hydrogen-bond acceptors (Lipinski definition) is 4. The average molecular weight is 290 g/mol. The van der Waals surface area contributed by atoms with E-state index in [1.54, 1.807) is 6.07 Å². The predicted octanol–water partition coefficient (Wildman–Crippen LogP) is 1.91. The van der Waals surface area contributed by atoms with E-state index in [9.17, 15) is 9.59 Å². The highest BCUT2D eigenvalue weighted by atomic mass is 16.5. The van der Waals surface area contributed by atoms with E-state index in [4.69, 9.17) is 4.74 Å². The number of carbonyl (C=O) groups is 2. The number of methoxy groups -OCH3 is 1. The van der Waals surface area contributed by atoms with E-state index in [1.807, 2.05) is 39.8 Å². The van der Waals surface area contributed by atoms with Gasteiger partial charge in [0, 0.05) is 5.56 Å². The van der Waals surface area contributed by atoms with Crippen molar-refractivity contribution in [2.45, 2.75) is 39.4 Å². The summed E-state index contributed by atoms with van der Waals surface area (Å²) in [5.74, 6) is -0.323. The maximum atomic E-state index is 12.2. The molecule has 0 spiro atoms. The Morgan fingerprint density at radius 2 is 2.05 bits per heavy atom. The number of aryl methyl sites for hydroxylation is 1. The quantitative estimate of drug-likeness (QED) is 0.835. The topological polar surface area (TPSA) is 67.4 Å². The van der Waals surface area contributed by atoms with Gasteiger partial charge in [-0.05, 0) is 25.8 Å². The van der Waals surface area contributed by atoms with Crippen LogP contribution in [0.4, 0.5) is 0 Å². The molecule has 0 bridgehead atoms. The van der Waals surface area contributed by atoms with Gasteiger partial charge in [-0.1, -0.05) is 31.5 Å². The van der Waals surface area contributed by atoms with E-state index in [1.165, 1.54) is 7.11 Å². The molecule has 1 aromatic carbocycles. The zero-order valence-electron chi connectivity index (χ0n) is 13.1. The highest BCUT2D eigenvalue weighted by Crippen LogP contribution is 2.29. The van der Waals surface area contributed by atoms with Crippen LogP contribution in [0.3, 0.4) is 0 Å². The molecule has 1 heterocycles. The van der Waals surface area contributed by atoms with Crippen LogP contribution in [0.25, 0.3) is 0 Å². The van der Waals surface area contributed by atoms with Crippen molar-refractivity contribution in [1.29, 1.82) is 0 Å². The molecule has 2 rings (SSSR count). The third-order valence-corrected chi connectivity index (χ3v) is 4.27. The minimum absolute atomic E-state index is 0.0566. The van der Waals surface area contributed by atoms with E-state index in [-0.39, 0.29) is 18.0 Å². The van der Waals surface area contributed by atoms with Gasteiger partial charge in [-0.3, -0.25) is 10.1 Å². The van der Waals surface area contributed by atoms with E-state index in [0.717, 1.165) is 11.1 Å². The molecule has 0 saturated carbocycles. The molecule has 0 radical (unpaired) electrons. The highest BCUT2D eigenvalue weighted by molar-refractivity contribution is 5.93. The third-order valence-electron chi connectivity index (χ3n) is 4.27. The molecule has 114 valence electrons. The Labute approximate surface area is 125 Å². The van der Waals surface area contributed by atoms with Crippen molar-refractivity contribution < 1.29 is 14.3 Å². The summed E-state index contributed by atoms with van der Waals surface area (Å²) >= 11 is 0. The number of amides is 1. The first kappa shape index (κ1) is 15.5. The second kappa shape index (κ2) is 5.48.